The molecule has 0 bridgehead atoms. The Morgan fingerprint density at radius 3 is 3.00 bits per heavy atom. The molecule has 1 amide bonds. The molecule has 1 aliphatic rings. The largest absolute Gasteiger partial charge is 0.376 e. The van der Waals surface area contributed by atoms with Crippen LogP contribution in [-0.4, -0.2) is 39.1 Å². The molecule has 0 aliphatic carbocycles. The van der Waals surface area contributed by atoms with Gasteiger partial charge in [-0.3, -0.25) is 9.36 Å². The fourth-order valence-corrected chi connectivity index (χ4v) is 5.07. The van der Waals surface area contributed by atoms with Crippen molar-refractivity contribution in [1.82, 2.24) is 14.8 Å². The van der Waals surface area contributed by atoms with Crippen molar-refractivity contribution >= 4 is 46.3 Å². The zero-order valence-corrected chi connectivity index (χ0v) is 19.0. The van der Waals surface area contributed by atoms with Gasteiger partial charge in [0.1, 0.15) is 0 Å². The van der Waals surface area contributed by atoms with Gasteiger partial charge in [0.15, 0.2) is 11.0 Å². The second kappa shape index (κ2) is 9.96. The van der Waals surface area contributed by atoms with Crippen molar-refractivity contribution in [1.29, 1.82) is 0 Å². The van der Waals surface area contributed by atoms with Crippen molar-refractivity contribution in [3.8, 4) is 11.4 Å². The minimum atomic E-state index is -0.134. The fraction of sp³-hybridized carbons (Fsp3) is 0.381. The molecule has 3 heterocycles. The minimum absolute atomic E-state index is 0.134. The van der Waals surface area contributed by atoms with E-state index in [1.165, 1.54) is 16.6 Å². The van der Waals surface area contributed by atoms with Crippen molar-refractivity contribution in [2.75, 3.05) is 17.7 Å². The SMILES string of the molecule is CCc1cc(-c2nnc(SCC(=O)Nc3ccccc3Cl)n2CC2CCCO2)cs1. The number of thioether (sulfide) groups is 1. The van der Waals surface area contributed by atoms with Gasteiger partial charge in [0.25, 0.3) is 0 Å². The lowest BCUT2D eigenvalue weighted by Crippen LogP contribution is -2.18. The number of nitrogens with one attached hydrogen (secondary N) is 1. The van der Waals surface area contributed by atoms with Crippen molar-refractivity contribution in [3.63, 3.8) is 0 Å². The van der Waals surface area contributed by atoms with Crippen LogP contribution in [0, 0.1) is 0 Å². The minimum Gasteiger partial charge on any atom is -0.376 e. The summed E-state index contributed by atoms with van der Waals surface area (Å²) in [5.41, 5.74) is 1.67. The van der Waals surface area contributed by atoms with Gasteiger partial charge in [-0.25, -0.2) is 0 Å². The first-order valence-electron chi connectivity index (χ1n) is 9.93. The first kappa shape index (κ1) is 21.4. The molecule has 158 valence electrons. The lowest BCUT2D eigenvalue weighted by molar-refractivity contribution is -0.113. The third-order valence-electron chi connectivity index (χ3n) is 4.87. The Kier molecular flexibility index (Phi) is 7.09. The van der Waals surface area contributed by atoms with E-state index < -0.39 is 0 Å². The molecule has 1 saturated heterocycles. The molecule has 6 nitrogen and oxygen atoms in total. The van der Waals surface area contributed by atoms with Gasteiger partial charge in [-0.2, -0.15) is 0 Å². The molecule has 3 aromatic rings. The van der Waals surface area contributed by atoms with E-state index in [2.05, 4.69) is 38.5 Å². The predicted molar refractivity (Wildman–Crippen MR) is 122 cm³/mol. The normalized spacial score (nSPS) is 16.1. The number of aromatic nitrogens is 3. The number of hydrogen-bond donors (Lipinski definition) is 1. The molecular weight excluding hydrogens is 440 g/mol. The Balaban J connectivity index is 1.50. The van der Waals surface area contributed by atoms with Gasteiger partial charge in [0.2, 0.25) is 5.91 Å². The van der Waals surface area contributed by atoms with Gasteiger partial charge in [0, 0.05) is 22.4 Å². The molecule has 1 unspecified atom stereocenters. The molecule has 1 fully saturated rings. The van der Waals surface area contributed by atoms with Crippen LogP contribution in [0.25, 0.3) is 11.4 Å². The highest BCUT2D eigenvalue weighted by Gasteiger charge is 2.22. The summed E-state index contributed by atoms with van der Waals surface area (Å²) in [7, 11) is 0. The molecule has 1 aliphatic heterocycles. The summed E-state index contributed by atoms with van der Waals surface area (Å²) in [5.74, 6) is 0.916. The Morgan fingerprint density at radius 1 is 1.40 bits per heavy atom. The quantitative estimate of drug-likeness (QED) is 0.470. The van der Waals surface area contributed by atoms with E-state index >= 15 is 0 Å². The van der Waals surface area contributed by atoms with E-state index in [9.17, 15) is 4.79 Å². The van der Waals surface area contributed by atoms with E-state index in [4.69, 9.17) is 16.3 Å². The standard InChI is InChI=1S/C21H23ClN4O2S2/c1-2-16-10-14(12-29-16)20-24-25-21(26(20)11-15-6-5-9-28-15)30-13-19(27)23-18-8-4-3-7-17(18)22/h3-4,7-8,10,12,15H,2,5-6,9,11,13H2,1H3,(H,23,27). The lowest BCUT2D eigenvalue weighted by atomic mass is 10.2. The Labute approximate surface area is 189 Å². The Bertz CT molecular complexity index is 1010. The number of aryl methyl sites for hydroxylation is 1. The number of anilines is 1. The molecule has 4 rings (SSSR count). The smallest absolute Gasteiger partial charge is 0.234 e. The maximum absolute atomic E-state index is 12.4. The molecule has 30 heavy (non-hydrogen) atoms. The average molecular weight is 463 g/mol. The molecule has 1 atom stereocenters. The van der Waals surface area contributed by atoms with E-state index in [-0.39, 0.29) is 17.8 Å². The number of thiophene rings is 1. The molecule has 0 spiro atoms. The van der Waals surface area contributed by atoms with Crippen molar-refractivity contribution in [2.45, 2.75) is 44.0 Å². The van der Waals surface area contributed by atoms with Crippen LogP contribution in [0.1, 0.15) is 24.6 Å². The van der Waals surface area contributed by atoms with E-state index in [1.807, 2.05) is 12.1 Å². The van der Waals surface area contributed by atoms with Crippen LogP contribution >= 0.6 is 34.7 Å². The number of carbonyl (C=O) groups is 1. The number of ether oxygens (including phenoxy) is 1. The van der Waals surface area contributed by atoms with Crippen LogP contribution in [0.5, 0.6) is 0 Å². The van der Waals surface area contributed by atoms with Gasteiger partial charge in [-0.05, 0) is 37.5 Å². The van der Waals surface area contributed by atoms with Crippen LogP contribution in [0.3, 0.4) is 0 Å². The van der Waals surface area contributed by atoms with Gasteiger partial charge < -0.3 is 10.1 Å². The second-order valence-electron chi connectivity index (χ2n) is 7.02. The first-order chi connectivity index (χ1) is 14.6. The summed E-state index contributed by atoms with van der Waals surface area (Å²) in [6, 6.07) is 9.37. The molecule has 9 heteroatoms. The van der Waals surface area contributed by atoms with Crippen molar-refractivity contribution in [2.24, 2.45) is 0 Å². The van der Waals surface area contributed by atoms with Crippen LogP contribution in [0.4, 0.5) is 5.69 Å². The number of rotatable bonds is 8. The maximum atomic E-state index is 12.4. The van der Waals surface area contributed by atoms with Gasteiger partial charge in [-0.1, -0.05) is 42.4 Å². The molecule has 0 saturated carbocycles. The number of carbonyl (C=O) groups excluding carboxylic acids is 1. The zero-order chi connectivity index (χ0) is 20.9. The number of hydrogen-bond acceptors (Lipinski definition) is 6. The number of para-hydroxylation sites is 1. The number of amides is 1. The Morgan fingerprint density at radius 2 is 2.27 bits per heavy atom. The number of benzene rings is 1. The molecule has 0 radical (unpaired) electrons. The molecular formula is C21H23ClN4O2S2. The van der Waals surface area contributed by atoms with Gasteiger partial charge in [-0.15, -0.1) is 21.5 Å². The molecule has 1 aromatic carbocycles. The second-order valence-corrected chi connectivity index (χ2v) is 9.37. The third-order valence-corrected chi connectivity index (χ3v) is 7.25. The summed E-state index contributed by atoms with van der Waals surface area (Å²) in [4.78, 5) is 13.8. The van der Waals surface area contributed by atoms with E-state index in [0.717, 1.165) is 42.4 Å². The summed E-state index contributed by atoms with van der Waals surface area (Å²) < 4.78 is 7.93. The monoisotopic (exact) mass is 462 g/mol. The first-order valence-corrected chi connectivity index (χ1v) is 12.2. The van der Waals surface area contributed by atoms with Crippen LogP contribution in [0.15, 0.2) is 40.9 Å². The number of nitrogens with zero attached hydrogens (tertiary/aromatic N) is 3. The fourth-order valence-electron chi connectivity index (χ4n) is 3.33. The zero-order valence-electron chi connectivity index (χ0n) is 16.6. The molecule has 1 N–H and O–H groups in total. The summed E-state index contributed by atoms with van der Waals surface area (Å²) >= 11 is 9.23. The van der Waals surface area contributed by atoms with Crippen LogP contribution in [0.2, 0.25) is 5.02 Å². The highest BCUT2D eigenvalue weighted by Crippen LogP contribution is 2.30. The summed E-state index contributed by atoms with van der Waals surface area (Å²) in [5, 5.41) is 15.0. The maximum Gasteiger partial charge on any atom is 0.234 e. The highest BCUT2D eigenvalue weighted by molar-refractivity contribution is 7.99. The Hall–Kier alpha value is -1.87. The van der Waals surface area contributed by atoms with Crippen LogP contribution < -0.4 is 5.32 Å². The number of halogens is 1. The molecule has 2 aromatic heterocycles. The third kappa shape index (κ3) is 5.06. The average Bonchev–Trinajstić information content (AvgIpc) is 3.49. The topological polar surface area (TPSA) is 69.0 Å². The van der Waals surface area contributed by atoms with E-state index in [0.29, 0.717) is 17.3 Å². The lowest BCUT2D eigenvalue weighted by Gasteiger charge is -2.14. The van der Waals surface area contributed by atoms with Gasteiger partial charge in [0.05, 0.1) is 29.1 Å². The summed E-state index contributed by atoms with van der Waals surface area (Å²) in [6.07, 6.45) is 3.25. The predicted octanol–water partition coefficient (Wildman–Crippen LogP) is 5.13. The van der Waals surface area contributed by atoms with Gasteiger partial charge >= 0.3 is 0 Å². The van der Waals surface area contributed by atoms with Crippen molar-refractivity contribution in [3.05, 3.63) is 45.6 Å². The van der Waals surface area contributed by atoms with Crippen LogP contribution in [-0.2, 0) is 22.5 Å². The highest BCUT2D eigenvalue weighted by atomic mass is 35.5. The van der Waals surface area contributed by atoms with E-state index in [1.54, 1.807) is 23.5 Å². The van der Waals surface area contributed by atoms with Crippen molar-refractivity contribution < 1.29 is 9.53 Å². The summed E-state index contributed by atoms with van der Waals surface area (Å²) in [6.45, 7) is 3.63.